The molecule has 5 nitrogen and oxygen atoms in total. The van der Waals surface area contributed by atoms with E-state index in [4.69, 9.17) is 21.1 Å². The minimum Gasteiger partial charge on any atom is -0.497 e. The standard InChI is InChI=1S/C27H25ClN2O3/c1-32-17-11-12-25(33-2)19(15-17)27-26-23(29-21-9-5-6-10-22(21)30-27)13-16(14-24(26)31)18-7-3-4-8-20(18)28/h3-12,15-16,27,29-30H,13-14H2,1-2H3. The maximum absolute atomic E-state index is 13.7. The number of rotatable bonds is 4. The van der Waals surface area contributed by atoms with Crippen LogP contribution in [0.3, 0.4) is 0 Å². The van der Waals surface area contributed by atoms with Gasteiger partial charge in [-0.3, -0.25) is 4.79 Å². The molecule has 1 aliphatic carbocycles. The van der Waals surface area contributed by atoms with Crippen molar-refractivity contribution in [3.05, 3.63) is 94.1 Å². The van der Waals surface area contributed by atoms with Gasteiger partial charge in [0.25, 0.3) is 0 Å². The van der Waals surface area contributed by atoms with Crippen molar-refractivity contribution in [2.24, 2.45) is 0 Å². The number of nitrogens with one attached hydrogen (secondary N) is 2. The molecule has 5 rings (SSSR count). The first-order chi connectivity index (χ1) is 16.1. The lowest BCUT2D eigenvalue weighted by atomic mass is 9.78. The van der Waals surface area contributed by atoms with Gasteiger partial charge >= 0.3 is 0 Å². The molecule has 33 heavy (non-hydrogen) atoms. The summed E-state index contributed by atoms with van der Waals surface area (Å²) in [5.41, 5.74) is 5.34. The second-order valence-corrected chi connectivity index (χ2v) is 8.71. The van der Waals surface area contributed by atoms with Crippen LogP contribution in [0.15, 0.2) is 78.0 Å². The second-order valence-electron chi connectivity index (χ2n) is 8.30. The molecule has 2 atom stereocenters. The lowest BCUT2D eigenvalue weighted by Gasteiger charge is -2.30. The van der Waals surface area contributed by atoms with E-state index in [9.17, 15) is 4.79 Å². The Hall–Kier alpha value is -3.44. The number of fused-ring (bicyclic) bond motifs is 1. The molecule has 0 spiro atoms. The minimum absolute atomic E-state index is 0.00978. The largest absolute Gasteiger partial charge is 0.497 e. The van der Waals surface area contributed by atoms with E-state index in [0.717, 1.165) is 33.8 Å². The van der Waals surface area contributed by atoms with Crippen molar-refractivity contribution in [2.75, 3.05) is 24.9 Å². The zero-order valence-electron chi connectivity index (χ0n) is 18.5. The van der Waals surface area contributed by atoms with Gasteiger partial charge in [-0.15, -0.1) is 0 Å². The summed E-state index contributed by atoms with van der Waals surface area (Å²) in [5, 5.41) is 7.84. The Bertz CT molecular complexity index is 1250. The number of anilines is 2. The molecule has 0 fully saturated rings. The summed E-state index contributed by atoms with van der Waals surface area (Å²) < 4.78 is 11.2. The molecule has 3 aromatic rings. The van der Waals surface area contributed by atoms with Gasteiger partial charge in [-0.1, -0.05) is 41.9 Å². The lowest BCUT2D eigenvalue weighted by Crippen LogP contribution is -2.27. The summed E-state index contributed by atoms with van der Waals surface area (Å²) in [6.45, 7) is 0. The molecule has 1 heterocycles. The van der Waals surface area contributed by atoms with E-state index in [2.05, 4.69) is 10.6 Å². The van der Waals surface area contributed by atoms with E-state index in [1.807, 2.05) is 66.7 Å². The van der Waals surface area contributed by atoms with Crippen molar-refractivity contribution in [1.29, 1.82) is 0 Å². The smallest absolute Gasteiger partial charge is 0.163 e. The summed E-state index contributed by atoms with van der Waals surface area (Å²) in [6.07, 6.45) is 1.08. The maximum atomic E-state index is 13.7. The number of methoxy groups -OCH3 is 2. The predicted octanol–water partition coefficient (Wildman–Crippen LogP) is 6.34. The SMILES string of the molecule is COc1ccc(OC)c(C2Nc3ccccc3NC3=C2C(=O)CC(c2ccccc2Cl)C3)c1. The first kappa shape index (κ1) is 21.4. The molecule has 1 aliphatic heterocycles. The third-order valence-corrected chi connectivity index (χ3v) is 6.75. The minimum atomic E-state index is -0.388. The number of halogens is 1. The van der Waals surface area contributed by atoms with E-state index in [0.29, 0.717) is 29.4 Å². The zero-order valence-corrected chi connectivity index (χ0v) is 19.3. The van der Waals surface area contributed by atoms with E-state index in [-0.39, 0.29) is 17.7 Å². The highest BCUT2D eigenvalue weighted by Gasteiger charge is 2.37. The van der Waals surface area contributed by atoms with Crippen LogP contribution in [0, 0.1) is 0 Å². The average molecular weight is 461 g/mol. The summed E-state index contributed by atoms with van der Waals surface area (Å²) in [6, 6.07) is 21.0. The zero-order chi connectivity index (χ0) is 22.9. The number of ether oxygens (including phenoxy) is 2. The number of allylic oxidation sites excluding steroid dienone is 1. The number of carbonyl (C=O) groups excluding carboxylic acids is 1. The Kier molecular flexibility index (Phi) is 5.73. The summed E-state index contributed by atoms with van der Waals surface area (Å²) in [4.78, 5) is 13.7. The molecule has 0 saturated heterocycles. The van der Waals surface area contributed by atoms with Gasteiger partial charge in [-0.2, -0.15) is 0 Å². The van der Waals surface area contributed by atoms with Crippen molar-refractivity contribution in [3.63, 3.8) is 0 Å². The fourth-order valence-electron chi connectivity index (χ4n) is 4.82. The molecule has 168 valence electrons. The normalized spacial score (nSPS) is 19.5. The van der Waals surface area contributed by atoms with Crippen molar-refractivity contribution in [3.8, 4) is 11.5 Å². The van der Waals surface area contributed by atoms with Crippen LogP contribution in [-0.4, -0.2) is 20.0 Å². The van der Waals surface area contributed by atoms with E-state index in [1.54, 1.807) is 14.2 Å². The number of para-hydroxylation sites is 2. The third kappa shape index (κ3) is 3.93. The van der Waals surface area contributed by atoms with Crippen molar-refractivity contribution < 1.29 is 14.3 Å². The second kappa shape index (κ2) is 8.83. The van der Waals surface area contributed by atoms with Crippen LogP contribution in [0.25, 0.3) is 0 Å². The monoisotopic (exact) mass is 460 g/mol. The molecule has 2 aliphatic rings. The van der Waals surface area contributed by atoms with Gasteiger partial charge in [0, 0.05) is 28.3 Å². The van der Waals surface area contributed by atoms with Gasteiger partial charge in [0.1, 0.15) is 11.5 Å². The number of Topliss-reactive ketones (excluding diaryl/α,β-unsaturated/α-hetero) is 1. The fraction of sp³-hybridized carbons (Fsp3) is 0.222. The molecule has 3 aromatic carbocycles. The maximum Gasteiger partial charge on any atom is 0.163 e. The van der Waals surface area contributed by atoms with Gasteiger partial charge in [0.15, 0.2) is 5.78 Å². The highest BCUT2D eigenvalue weighted by molar-refractivity contribution is 6.31. The first-order valence-corrected chi connectivity index (χ1v) is 11.3. The Balaban J connectivity index is 1.66. The Labute approximate surface area is 198 Å². The molecule has 0 radical (unpaired) electrons. The Morgan fingerprint density at radius 1 is 0.879 bits per heavy atom. The van der Waals surface area contributed by atoms with E-state index in [1.165, 1.54) is 0 Å². The molecule has 0 saturated carbocycles. The molecule has 2 unspecified atom stereocenters. The van der Waals surface area contributed by atoms with E-state index < -0.39 is 0 Å². The van der Waals surface area contributed by atoms with Crippen LogP contribution in [0.4, 0.5) is 11.4 Å². The van der Waals surface area contributed by atoms with Crippen LogP contribution in [0.5, 0.6) is 11.5 Å². The fourth-order valence-corrected chi connectivity index (χ4v) is 5.11. The molecule has 6 heteroatoms. The lowest BCUT2D eigenvalue weighted by molar-refractivity contribution is -0.116. The number of ketones is 1. The van der Waals surface area contributed by atoms with Gasteiger partial charge in [-0.05, 0) is 54.3 Å². The van der Waals surface area contributed by atoms with Gasteiger partial charge in [-0.25, -0.2) is 0 Å². The van der Waals surface area contributed by atoms with Gasteiger partial charge in [0.05, 0.1) is 31.6 Å². The summed E-state index contributed by atoms with van der Waals surface area (Å²) in [5.74, 6) is 1.50. The van der Waals surface area contributed by atoms with Crippen LogP contribution >= 0.6 is 11.6 Å². The Morgan fingerprint density at radius 3 is 2.39 bits per heavy atom. The summed E-state index contributed by atoms with van der Waals surface area (Å²) >= 11 is 6.50. The highest BCUT2D eigenvalue weighted by Crippen LogP contribution is 2.47. The van der Waals surface area contributed by atoms with Crippen LogP contribution < -0.4 is 20.1 Å². The van der Waals surface area contributed by atoms with E-state index >= 15 is 0 Å². The number of hydrogen-bond donors (Lipinski definition) is 2. The van der Waals surface area contributed by atoms with Gasteiger partial charge in [0.2, 0.25) is 0 Å². The van der Waals surface area contributed by atoms with Gasteiger partial charge < -0.3 is 20.1 Å². The summed E-state index contributed by atoms with van der Waals surface area (Å²) in [7, 11) is 3.27. The Morgan fingerprint density at radius 2 is 1.64 bits per heavy atom. The van der Waals surface area contributed by atoms with Crippen molar-refractivity contribution in [1.82, 2.24) is 0 Å². The molecule has 0 amide bonds. The van der Waals surface area contributed by atoms with Crippen LogP contribution in [0.2, 0.25) is 5.02 Å². The topological polar surface area (TPSA) is 59.6 Å². The first-order valence-electron chi connectivity index (χ1n) is 10.9. The third-order valence-electron chi connectivity index (χ3n) is 6.40. The van der Waals surface area contributed by atoms with Crippen LogP contribution in [-0.2, 0) is 4.79 Å². The molecular weight excluding hydrogens is 436 g/mol. The van der Waals surface area contributed by atoms with Crippen molar-refractivity contribution >= 4 is 28.8 Å². The van der Waals surface area contributed by atoms with Crippen LogP contribution in [0.1, 0.15) is 35.9 Å². The molecule has 2 N–H and O–H groups in total. The predicted molar refractivity (Wildman–Crippen MR) is 131 cm³/mol. The number of carbonyl (C=O) groups is 1. The molecular formula is C27H25ClN2O3. The molecule has 0 bridgehead atoms. The van der Waals surface area contributed by atoms with Crippen molar-refractivity contribution in [2.45, 2.75) is 24.8 Å². The quantitative estimate of drug-likeness (QED) is 0.476. The highest BCUT2D eigenvalue weighted by atomic mass is 35.5. The molecule has 0 aromatic heterocycles. The average Bonchev–Trinajstić information content (AvgIpc) is 3.00. The number of benzene rings is 3. The number of hydrogen-bond acceptors (Lipinski definition) is 5.